The van der Waals surface area contributed by atoms with E-state index in [1.165, 1.54) is 38.5 Å². The molecule has 1 saturated heterocycles. The van der Waals surface area contributed by atoms with E-state index in [1.807, 2.05) is 0 Å². The zero-order chi connectivity index (χ0) is 8.26. The fourth-order valence-electron chi connectivity index (χ4n) is 6.05. The molecule has 0 N–H and O–H groups in total. The van der Waals surface area contributed by atoms with Crippen molar-refractivity contribution in [2.75, 3.05) is 0 Å². The third kappa shape index (κ3) is 0.393. The van der Waals surface area contributed by atoms with Crippen LogP contribution in [-0.2, 0) is 4.74 Å². The van der Waals surface area contributed by atoms with Crippen molar-refractivity contribution in [3.63, 3.8) is 0 Å². The van der Waals surface area contributed by atoms with Crippen molar-refractivity contribution >= 4 is 0 Å². The van der Waals surface area contributed by atoms with Gasteiger partial charge in [-0.1, -0.05) is 0 Å². The lowest BCUT2D eigenvalue weighted by atomic mass is 9.71. The zero-order valence-electron chi connectivity index (χ0n) is 7.96. The molecule has 0 aromatic heterocycles. The largest absolute Gasteiger partial charge is 0.361 e. The summed E-state index contributed by atoms with van der Waals surface area (Å²) in [5, 5.41) is 0. The Morgan fingerprint density at radius 2 is 1.08 bits per heavy atom. The molecule has 4 bridgehead atoms. The summed E-state index contributed by atoms with van der Waals surface area (Å²) < 4.78 is 6.34. The van der Waals surface area contributed by atoms with Crippen LogP contribution in [0.15, 0.2) is 0 Å². The molecule has 4 aliphatic carbocycles. The maximum absolute atomic E-state index is 6.34. The number of ether oxygens (including phenoxy) is 1. The minimum Gasteiger partial charge on any atom is -0.361 e. The molecule has 4 saturated carbocycles. The molecule has 13 heavy (non-hydrogen) atoms. The molecule has 0 aromatic rings. The Balaban J connectivity index is 1.78. The summed E-state index contributed by atoms with van der Waals surface area (Å²) in [5.41, 5.74) is 0.970. The maximum Gasteiger partial charge on any atom is 0.104 e. The van der Waals surface area contributed by atoms with E-state index >= 15 is 0 Å². The van der Waals surface area contributed by atoms with Gasteiger partial charge in [0.25, 0.3) is 0 Å². The van der Waals surface area contributed by atoms with Gasteiger partial charge in [0.05, 0.1) is 0 Å². The van der Waals surface area contributed by atoms with Gasteiger partial charge < -0.3 is 4.74 Å². The van der Waals surface area contributed by atoms with Gasteiger partial charge in [0, 0.05) is 0 Å². The van der Waals surface area contributed by atoms with Crippen LogP contribution < -0.4 is 0 Å². The van der Waals surface area contributed by atoms with E-state index in [9.17, 15) is 0 Å². The number of epoxide rings is 1. The predicted octanol–water partition coefficient (Wildman–Crippen LogP) is 2.35. The van der Waals surface area contributed by atoms with Gasteiger partial charge in [-0.25, -0.2) is 0 Å². The van der Waals surface area contributed by atoms with E-state index in [0.29, 0.717) is 11.2 Å². The van der Waals surface area contributed by atoms with Gasteiger partial charge >= 0.3 is 0 Å². The summed E-state index contributed by atoms with van der Waals surface area (Å²) in [6.07, 6.45) is 9.05. The number of fused-ring (bicyclic) bond motifs is 4. The van der Waals surface area contributed by atoms with Crippen molar-refractivity contribution in [2.45, 2.75) is 49.7 Å². The highest BCUT2D eigenvalue weighted by atomic mass is 16.6. The van der Waals surface area contributed by atoms with Crippen molar-refractivity contribution < 1.29 is 4.74 Å². The SMILES string of the molecule is C1C[C@@H]2C[C@@H]1C13OC21[C@H]1CC[C@H]3C1. The van der Waals surface area contributed by atoms with Gasteiger partial charge in [0.2, 0.25) is 0 Å². The Morgan fingerprint density at radius 1 is 0.692 bits per heavy atom. The number of hydrogen-bond donors (Lipinski definition) is 0. The molecule has 0 amide bonds. The van der Waals surface area contributed by atoms with Crippen LogP contribution in [0.2, 0.25) is 0 Å². The molecule has 6 atom stereocenters. The smallest absolute Gasteiger partial charge is 0.104 e. The highest BCUT2D eigenvalue weighted by Gasteiger charge is 2.90. The van der Waals surface area contributed by atoms with Crippen molar-refractivity contribution in [1.29, 1.82) is 0 Å². The zero-order valence-corrected chi connectivity index (χ0v) is 7.96. The Morgan fingerprint density at radius 3 is 1.46 bits per heavy atom. The first-order valence-corrected chi connectivity index (χ1v) is 6.08. The molecule has 1 nitrogen and oxygen atoms in total. The fraction of sp³-hybridized carbons (Fsp3) is 1.00. The Hall–Kier alpha value is -0.0400. The van der Waals surface area contributed by atoms with E-state index in [-0.39, 0.29) is 0 Å². The molecule has 1 aliphatic heterocycles. The molecule has 70 valence electrons. The lowest BCUT2D eigenvalue weighted by Crippen LogP contribution is -2.37. The van der Waals surface area contributed by atoms with Crippen LogP contribution in [0, 0.1) is 23.7 Å². The van der Waals surface area contributed by atoms with E-state index in [4.69, 9.17) is 4.74 Å². The quantitative estimate of drug-likeness (QED) is 0.516. The molecule has 1 heterocycles. The normalized spacial score (nSPS) is 75.7. The summed E-state index contributed by atoms with van der Waals surface area (Å²) in [6, 6.07) is 0. The molecule has 5 rings (SSSR count). The minimum absolute atomic E-state index is 0.485. The van der Waals surface area contributed by atoms with Crippen LogP contribution in [0.5, 0.6) is 0 Å². The highest BCUT2D eigenvalue weighted by Crippen LogP contribution is 2.84. The topological polar surface area (TPSA) is 12.5 Å². The van der Waals surface area contributed by atoms with Crippen LogP contribution in [0.1, 0.15) is 38.5 Å². The van der Waals surface area contributed by atoms with Gasteiger partial charge in [-0.3, -0.25) is 0 Å². The summed E-state index contributed by atoms with van der Waals surface area (Å²) in [5.74, 6) is 3.97. The second kappa shape index (κ2) is 1.50. The monoisotopic (exact) mass is 176 g/mol. The van der Waals surface area contributed by atoms with Crippen LogP contribution in [0.3, 0.4) is 0 Å². The van der Waals surface area contributed by atoms with Crippen molar-refractivity contribution in [1.82, 2.24) is 0 Å². The van der Waals surface area contributed by atoms with Crippen LogP contribution in [0.4, 0.5) is 0 Å². The average Bonchev–Trinajstić information content (AvgIpc) is 2.66. The van der Waals surface area contributed by atoms with E-state index in [0.717, 1.165) is 23.7 Å². The minimum atomic E-state index is 0.485. The second-order valence-corrected chi connectivity index (χ2v) is 6.10. The van der Waals surface area contributed by atoms with Crippen LogP contribution in [0.25, 0.3) is 0 Å². The Bertz CT molecular complexity index is 258. The van der Waals surface area contributed by atoms with Crippen molar-refractivity contribution in [3.05, 3.63) is 0 Å². The van der Waals surface area contributed by atoms with E-state index < -0.39 is 0 Å². The average molecular weight is 176 g/mol. The van der Waals surface area contributed by atoms with Gasteiger partial charge in [0.1, 0.15) is 11.2 Å². The molecule has 5 aliphatic rings. The summed E-state index contributed by atoms with van der Waals surface area (Å²) in [6.45, 7) is 0. The van der Waals surface area contributed by atoms with Gasteiger partial charge in [-0.05, 0) is 62.2 Å². The third-order valence-electron chi connectivity index (χ3n) is 6.20. The Labute approximate surface area is 78.8 Å². The van der Waals surface area contributed by atoms with Gasteiger partial charge in [-0.2, -0.15) is 0 Å². The predicted molar refractivity (Wildman–Crippen MR) is 48.2 cm³/mol. The lowest BCUT2D eigenvalue weighted by molar-refractivity contribution is 0.0896. The van der Waals surface area contributed by atoms with Crippen molar-refractivity contribution in [2.24, 2.45) is 23.7 Å². The molecular formula is C12H16O. The maximum atomic E-state index is 6.34. The molecule has 1 heteroatoms. The van der Waals surface area contributed by atoms with Crippen LogP contribution in [-0.4, -0.2) is 11.2 Å². The van der Waals surface area contributed by atoms with E-state index in [1.54, 1.807) is 0 Å². The molecule has 0 radical (unpaired) electrons. The number of hydrogen-bond acceptors (Lipinski definition) is 1. The van der Waals surface area contributed by atoms with Crippen LogP contribution >= 0.6 is 0 Å². The standard InChI is InChI=1S/C12H16O/c1-2-8-5-7(1)11-9-3-4-10(6-9)12(8,11)13-11/h7-10H,1-6H2/t7-,8-,9+,10+,11?,12?. The van der Waals surface area contributed by atoms with E-state index in [2.05, 4.69) is 0 Å². The fourth-order valence-corrected chi connectivity index (χ4v) is 6.05. The second-order valence-electron chi connectivity index (χ2n) is 6.10. The van der Waals surface area contributed by atoms with Crippen molar-refractivity contribution in [3.8, 4) is 0 Å². The van der Waals surface area contributed by atoms with Gasteiger partial charge in [-0.15, -0.1) is 0 Å². The molecule has 2 unspecified atom stereocenters. The molecule has 0 spiro atoms. The first kappa shape index (κ1) is 6.44. The first-order chi connectivity index (χ1) is 6.38. The highest BCUT2D eigenvalue weighted by molar-refractivity contribution is 5.38. The third-order valence-corrected chi connectivity index (χ3v) is 6.20. The Kier molecular flexibility index (Phi) is 0.743. The lowest BCUT2D eigenvalue weighted by Gasteiger charge is -2.27. The molecule has 0 aromatic carbocycles. The number of rotatable bonds is 0. The molecule has 5 fully saturated rings. The summed E-state index contributed by atoms with van der Waals surface area (Å²) >= 11 is 0. The first-order valence-electron chi connectivity index (χ1n) is 6.08. The summed E-state index contributed by atoms with van der Waals surface area (Å²) in [4.78, 5) is 0. The van der Waals surface area contributed by atoms with Gasteiger partial charge in [0.15, 0.2) is 0 Å². The molecular weight excluding hydrogens is 160 g/mol. The summed E-state index contributed by atoms with van der Waals surface area (Å²) in [7, 11) is 0.